The van der Waals surface area contributed by atoms with Crippen LogP contribution >= 0.6 is 0 Å². The van der Waals surface area contributed by atoms with E-state index >= 15 is 0 Å². The summed E-state index contributed by atoms with van der Waals surface area (Å²) < 4.78 is 16.3. The second-order valence-corrected chi connectivity index (χ2v) is 5.40. The molecule has 0 spiro atoms. The summed E-state index contributed by atoms with van der Waals surface area (Å²) in [6.07, 6.45) is 1.16. The lowest BCUT2D eigenvalue weighted by Gasteiger charge is -2.26. The summed E-state index contributed by atoms with van der Waals surface area (Å²) in [5.74, 6) is 1.61. The molecule has 1 aromatic rings. The minimum Gasteiger partial charge on any atom is -1.00 e. The number of nitrogens with one attached hydrogen (secondary N) is 1. The lowest BCUT2D eigenvalue weighted by atomic mass is 10.2. The van der Waals surface area contributed by atoms with Gasteiger partial charge in [0.2, 0.25) is 0 Å². The Hall–Kier alpha value is -0.720. The Bertz CT molecular complexity index is 444. The number of hydrogen-bond acceptors (Lipinski definition) is 5. The summed E-state index contributed by atoms with van der Waals surface area (Å²) in [6.45, 7) is 9.52. The largest absolute Gasteiger partial charge is 1.00 e. The van der Waals surface area contributed by atoms with Crippen molar-refractivity contribution < 1.29 is 39.0 Å². The van der Waals surface area contributed by atoms with E-state index < -0.39 is 0 Å². The first-order valence-electron chi connectivity index (χ1n) is 8.14. The van der Waals surface area contributed by atoms with Crippen molar-refractivity contribution in [3.8, 4) is 11.5 Å². The third kappa shape index (κ3) is 7.90. The van der Waals surface area contributed by atoms with Crippen LogP contribution in [0.15, 0.2) is 18.2 Å². The van der Waals surface area contributed by atoms with Crippen molar-refractivity contribution >= 4 is 0 Å². The zero-order valence-corrected chi connectivity index (χ0v) is 16.0. The maximum Gasteiger partial charge on any atom is 0.161 e. The fraction of sp³-hybridized carbons (Fsp3) is 0.647. The van der Waals surface area contributed by atoms with Crippen LogP contribution in [0.5, 0.6) is 11.5 Å². The number of halogens is 2. The van der Waals surface area contributed by atoms with Gasteiger partial charge in [0, 0.05) is 19.6 Å². The molecule has 0 atom stereocenters. The molecule has 0 aromatic heterocycles. The zero-order chi connectivity index (χ0) is 15.6. The summed E-state index contributed by atoms with van der Waals surface area (Å²) in [6, 6.07) is 6.11. The van der Waals surface area contributed by atoms with Crippen LogP contribution in [0, 0.1) is 0 Å². The van der Waals surface area contributed by atoms with Gasteiger partial charge in [0.1, 0.15) is 0 Å². The molecule has 1 aliphatic heterocycles. The molecule has 7 heteroatoms. The molecule has 0 bridgehead atoms. The van der Waals surface area contributed by atoms with Crippen molar-refractivity contribution in [2.24, 2.45) is 0 Å². The summed E-state index contributed by atoms with van der Waals surface area (Å²) in [5, 5.41) is 3.49. The second-order valence-electron chi connectivity index (χ2n) is 5.40. The van der Waals surface area contributed by atoms with E-state index in [0.717, 1.165) is 63.9 Å². The highest BCUT2D eigenvalue weighted by Gasteiger charge is 2.09. The van der Waals surface area contributed by atoms with Gasteiger partial charge in [0.15, 0.2) is 11.5 Å². The van der Waals surface area contributed by atoms with E-state index in [4.69, 9.17) is 14.2 Å². The van der Waals surface area contributed by atoms with Crippen LogP contribution in [0.2, 0.25) is 0 Å². The molecule has 0 radical (unpaired) electrons. The van der Waals surface area contributed by atoms with Gasteiger partial charge in [-0.2, -0.15) is 0 Å². The van der Waals surface area contributed by atoms with E-state index in [9.17, 15) is 0 Å². The molecule has 1 saturated heterocycles. The molecule has 24 heavy (non-hydrogen) atoms. The summed E-state index contributed by atoms with van der Waals surface area (Å²) >= 11 is 0. The number of nitrogens with zero attached hydrogens (tertiary/aromatic N) is 1. The van der Waals surface area contributed by atoms with Crippen molar-refractivity contribution in [1.82, 2.24) is 10.2 Å². The monoisotopic (exact) mass is 378 g/mol. The average molecular weight is 379 g/mol. The van der Waals surface area contributed by atoms with Gasteiger partial charge in [-0.25, -0.2) is 0 Å². The molecular formula is C17H28Cl2N2O3-2. The predicted molar refractivity (Wildman–Crippen MR) is 87.7 cm³/mol. The van der Waals surface area contributed by atoms with E-state index in [1.807, 2.05) is 19.1 Å². The highest BCUT2D eigenvalue weighted by Crippen LogP contribution is 2.27. The molecule has 1 heterocycles. The van der Waals surface area contributed by atoms with Crippen LogP contribution in [-0.4, -0.2) is 58.0 Å². The van der Waals surface area contributed by atoms with Crippen molar-refractivity contribution in [1.29, 1.82) is 0 Å². The Morgan fingerprint density at radius 1 is 1.17 bits per heavy atom. The summed E-state index contributed by atoms with van der Waals surface area (Å²) in [7, 11) is 1.68. The maximum absolute atomic E-state index is 5.53. The van der Waals surface area contributed by atoms with Gasteiger partial charge < -0.3 is 44.3 Å². The topological polar surface area (TPSA) is 43.0 Å². The minimum absolute atomic E-state index is 0. The van der Waals surface area contributed by atoms with Crippen molar-refractivity contribution in [3.63, 3.8) is 0 Å². The second kappa shape index (κ2) is 13.6. The van der Waals surface area contributed by atoms with Gasteiger partial charge in [-0.1, -0.05) is 6.07 Å². The number of hydrogen-bond donors (Lipinski definition) is 1. The predicted octanol–water partition coefficient (Wildman–Crippen LogP) is -4.09. The van der Waals surface area contributed by atoms with Crippen molar-refractivity contribution in [3.05, 3.63) is 23.8 Å². The average Bonchev–Trinajstić information content (AvgIpc) is 2.57. The molecule has 1 fully saturated rings. The first kappa shape index (κ1) is 23.3. The van der Waals surface area contributed by atoms with Gasteiger partial charge >= 0.3 is 0 Å². The Morgan fingerprint density at radius 2 is 1.92 bits per heavy atom. The molecule has 0 aliphatic carbocycles. The number of methoxy groups -OCH3 is 1. The van der Waals surface area contributed by atoms with E-state index in [1.165, 1.54) is 5.56 Å². The molecule has 140 valence electrons. The highest BCUT2D eigenvalue weighted by molar-refractivity contribution is 5.42. The number of benzene rings is 1. The summed E-state index contributed by atoms with van der Waals surface area (Å²) in [4.78, 5) is 2.46. The first-order chi connectivity index (χ1) is 10.8. The molecule has 1 aromatic carbocycles. The fourth-order valence-corrected chi connectivity index (χ4v) is 2.58. The Morgan fingerprint density at radius 3 is 2.58 bits per heavy atom. The minimum atomic E-state index is 0. The van der Waals surface area contributed by atoms with Gasteiger partial charge in [-0.05, 0) is 44.1 Å². The van der Waals surface area contributed by atoms with E-state index in [1.54, 1.807) is 7.11 Å². The van der Waals surface area contributed by atoms with Crippen molar-refractivity contribution in [2.75, 3.05) is 53.1 Å². The molecule has 5 nitrogen and oxygen atoms in total. The smallest absolute Gasteiger partial charge is 0.161 e. The number of ether oxygens (including phenoxy) is 3. The highest BCUT2D eigenvalue weighted by atomic mass is 35.5. The maximum atomic E-state index is 5.53. The van der Waals surface area contributed by atoms with E-state index in [2.05, 4.69) is 16.3 Å². The Balaban J connectivity index is 0.00000264. The van der Waals surface area contributed by atoms with Crippen LogP contribution < -0.4 is 39.6 Å². The molecule has 0 amide bonds. The number of morpholine rings is 1. The SMILES string of the molecule is CCOc1ccc(CNCCCN2CCOCC2)cc1OC.[Cl-].[Cl-]. The standard InChI is InChI=1S/C17H28N2O3.2ClH/c1-3-22-16-6-5-15(13-17(16)20-2)14-18-7-4-8-19-9-11-21-12-10-19;;/h5-6,13,18H,3-4,7-12,14H2,1-2H3;2*1H/p-2. The van der Waals surface area contributed by atoms with Crippen LogP contribution in [-0.2, 0) is 11.3 Å². The summed E-state index contributed by atoms with van der Waals surface area (Å²) in [5.41, 5.74) is 1.21. The van der Waals surface area contributed by atoms with Crippen LogP contribution in [0.4, 0.5) is 0 Å². The van der Waals surface area contributed by atoms with Gasteiger partial charge in [0.25, 0.3) is 0 Å². The molecule has 1 N–H and O–H groups in total. The Labute approximate surface area is 157 Å². The first-order valence-corrected chi connectivity index (χ1v) is 8.14. The Kier molecular flexibility index (Phi) is 13.2. The molecule has 2 rings (SSSR count). The van der Waals surface area contributed by atoms with Crippen LogP contribution in [0.3, 0.4) is 0 Å². The van der Waals surface area contributed by atoms with Gasteiger partial charge in [0.05, 0.1) is 26.9 Å². The fourth-order valence-electron chi connectivity index (χ4n) is 2.58. The van der Waals surface area contributed by atoms with Crippen LogP contribution in [0.1, 0.15) is 18.9 Å². The molecular weight excluding hydrogens is 351 g/mol. The third-order valence-electron chi connectivity index (χ3n) is 3.79. The lowest BCUT2D eigenvalue weighted by molar-refractivity contribution is -0.00100. The zero-order valence-electron chi connectivity index (χ0n) is 14.5. The normalized spacial score (nSPS) is 14.4. The van der Waals surface area contributed by atoms with Crippen molar-refractivity contribution in [2.45, 2.75) is 19.9 Å². The molecule has 1 aliphatic rings. The van der Waals surface area contributed by atoms with E-state index in [0.29, 0.717) is 6.61 Å². The number of rotatable bonds is 9. The quantitative estimate of drug-likeness (QED) is 0.442. The van der Waals surface area contributed by atoms with Gasteiger partial charge in [-0.3, -0.25) is 4.90 Å². The van der Waals surface area contributed by atoms with Gasteiger partial charge in [-0.15, -0.1) is 0 Å². The molecule has 0 unspecified atom stereocenters. The van der Waals surface area contributed by atoms with Crippen LogP contribution in [0.25, 0.3) is 0 Å². The lowest BCUT2D eigenvalue weighted by Crippen LogP contribution is -3.00. The third-order valence-corrected chi connectivity index (χ3v) is 3.79. The van der Waals surface area contributed by atoms with E-state index in [-0.39, 0.29) is 24.8 Å². The molecule has 0 saturated carbocycles.